The predicted octanol–water partition coefficient (Wildman–Crippen LogP) is 0.265. The van der Waals surface area contributed by atoms with Gasteiger partial charge in [0.1, 0.15) is 11.9 Å². The van der Waals surface area contributed by atoms with Gasteiger partial charge in [-0.05, 0) is 19.8 Å². The van der Waals surface area contributed by atoms with Crippen molar-refractivity contribution in [3.63, 3.8) is 0 Å². The van der Waals surface area contributed by atoms with Crippen molar-refractivity contribution in [2.45, 2.75) is 45.4 Å². The summed E-state index contributed by atoms with van der Waals surface area (Å²) < 4.78 is 7.04. The molecule has 6 nitrogen and oxygen atoms in total. The molecule has 17 heavy (non-hydrogen) atoms. The highest BCUT2D eigenvalue weighted by Gasteiger charge is 2.17. The maximum Gasteiger partial charge on any atom is 0.249 e. The van der Waals surface area contributed by atoms with E-state index in [4.69, 9.17) is 4.74 Å². The average molecular weight is 238 g/mol. The number of carbonyl (C=O) groups is 1. The number of aromatic nitrogens is 3. The van der Waals surface area contributed by atoms with Crippen LogP contribution in [0.1, 0.15) is 31.4 Å². The van der Waals surface area contributed by atoms with Crippen LogP contribution in [-0.2, 0) is 29.0 Å². The minimum Gasteiger partial charge on any atom is -0.372 e. The zero-order valence-corrected chi connectivity index (χ0v) is 10.3. The summed E-state index contributed by atoms with van der Waals surface area (Å²) in [6.45, 7) is 3.08. The van der Waals surface area contributed by atoms with E-state index < -0.39 is 6.10 Å². The minimum atomic E-state index is -0.432. The first-order chi connectivity index (χ1) is 8.22. The fourth-order valence-electron chi connectivity index (χ4n) is 1.92. The van der Waals surface area contributed by atoms with Gasteiger partial charge in [0.25, 0.3) is 0 Å². The molecule has 1 N–H and O–H groups in total. The van der Waals surface area contributed by atoms with Crippen LogP contribution in [0, 0.1) is 0 Å². The molecule has 0 unspecified atom stereocenters. The fourth-order valence-corrected chi connectivity index (χ4v) is 1.92. The summed E-state index contributed by atoms with van der Waals surface area (Å²) in [7, 11) is 1.52. The van der Waals surface area contributed by atoms with Crippen molar-refractivity contribution < 1.29 is 9.53 Å². The Bertz CT molecular complexity index is 402. The van der Waals surface area contributed by atoms with Crippen LogP contribution in [0.4, 0.5) is 0 Å². The van der Waals surface area contributed by atoms with E-state index in [-0.39, 0.29) is 5.91 Å². The first-order valence-electron chi connectivity index (χ1n) is 5.94. The molecular weight excluding hydrogens is 220 g/mol. The molecule has 0 saturated heterocycles. The summed E-state index contributed by atoms with van der Waals surface area (Å²) in [6, 6.07) is 0. The average Bonchev–Trinajstić information content (AvgIpc) is 2.78. The third-order valence-electron chi connectivity index (χ3n) is 3.08. The van der Waals surface area contributed by atoms with Crippen molar-refractivity contribution in [2.75, 3.05) is 7.11 Å². The minimum absolute atomic E-state index is 0.124. The Balaban J connectivity index is 1.95. The van der Waals surface area contributed by atoms with E-state index in [2.05, 4.69) is 20.1 Å². The number of hydrogen-bond donors (Lipinski definition) is 1. The number of aryl methyl sites for hydroxylation is 1. The zero-order chi connectivity index (χ0) is 12.3. The number of nitrogens with one attached hydrogen (secondary N) is 1. The molecule has 0 bridgehead atoms. The number of fused-ring (bicyclic) bond motifs is 1. The topological polar surface area (TPSA) is 69.0 Å². The summed E-state index contributed by atoms with van der Waals surface area (Å²) in [6.07, 6.45) is 2.87. The van der Waals surface area contributed by atoms with Crippen LogP contribution in [-0.4, -0.2) is 33.9 Å². The molecular formula is C11H18N4O2. The predicted molar refractivity (Wildman–Crippen MR) is 61.3 cm³/mol. The van der Waals surface area contributed by atoms with Crippen LogP contribution in [0.2, 0.25) is 0 Å². The van der Waals surface area contributed by atoms with Gasteiger partial charge in [-0.25, -0.2) is 0 Å². The Hall–Kier alpha value is -1.43. The molecule has 0 aromatic carbocycles. The Morgan fingerprint density at radius 1 is 1.53 bits per heavy atom. The highest BCUT2D eigenvalue weighted by atomic mass is 16.5. The van der Waals surface area contributed by atoms with Gasteiger partial charge in [0.05, 0.1) is 6.54 Å². The van der Waals surface area contributed by atoms with E-state index in [9.17, 15) is 4.79 Å². The van der Waals surface area contributed by atoms with Crippen LogP contribution in [0.25, 0.3) is 0 Å². The maximum absolute atomic E-state index is 11.5. The second-order valence-electron chi connectivity index (χ2n) is 4.24. The molecule has 1 amide bonds. The number of methoxy groups -OCH3 is 1. The Morgan fingerprint density at radius 3 is 3.12 bits per heavy atom. The van der Waals surface area contributed by atoms with Crippen molar-refractivity contribution in [1.29, 1.82) is 0 Å². The Labute approximate surface area is 100 Å². The molecule has 1 atom stereocenters. The number of carbonyl (C=O) groups excluding carboxylic acids is 1. The van der Waals surface area contributed by atoms with Crippen LogP contribution in [0.5, 0.6) is 0 Å². The van der Waals surface area contributed by atoms with Crippen LogP contribution in [0.15, 0.2) is 0 Å². The first-order valence-corrected chi connectivity index (χ1v) is 5.94. The van der Waals surface area contributed by atoms with Gasteiger partial charge in [0.2, 0.25) is 5.91 Å². The lowest BCUT2D eigenvalue weighted by atomic mass is 10.2. The smallest absolute Gasteiger partial charge is 0.249 e. The summed E-state index contributed by atoms with van der Waals surface area (Å²) in [5.41, 5.74) is 0. The molecule has 2 heterocycles. The Morgan fingerprint density at radius 2 is 2.35 bits per heavy atom. The largest absolute Gasteiger partial charge is 0.372 e. The van der Waals surface area contributed by atoms with Gasteiger partial charge in [-0.1, -0.05) is 0 Å². The highest BCUT2D eigenvalue weighted by Crippen LogP contribution is 2.13. The van der Waals surface area contributed by atoms with E-state index in [1.165, 1.54) is 13.5 Å². The molecule has 0 aliphatic carbocycles. The number of hydrogen-bond acceptors (Lipinski definition) is 4. The van der Waals surface area contributed by atoms with Gasteiger partial charge in [-0.15, -0.1) is 10.2 Å². The molecule has 94 valence electrons. The molecule has 1 aromatic rings. The van der Waals surface area contributed by atoms with Gasteiger partial charge in [0.15, 0.2) is 5.82 Å². The van der Waals surface area contributed by atoms with Gasteiger partial charge in [-0.3, -0.25) is 4.79 Å². The van der Waals surface area contributed by atoms with Crippen LogP contribution >= 0.6 is 0 Å². The molecule has 1 aliphatic rings. The van der Waals surface area contributed by atoms with E-state index in [0.29, 0.717) is 6.54 Å². The normalized spacial score (nSPS) is 16.4. The molecule has 0 fully saturated rings. The lowest BCUT2D eigenvalue weighted by molar-refractivity contribution is -0.130. The molecule has 0 radical (unpaired) electrons. The van der Waals surface area contributed by atoms with E-state index >= 15 is 0 Å². The van der Waals surface area contributed by atoms with Gasteiger partial charge >= 0.3 is 0 Å². The lowest BCUT2D eigenvalue weighted by Gasteiger charge is -2.15. The van der Waals surface area contributed by atoms with Gasteiger partial charge in [-0.2, -0.15) is 0 Å². The number of nitrogens with zero attached hydrogens (tertiary/aromatic N) is 3. The van der Waals surface area contributed by atoms with Crippen LogP contribution in [0.3, 0.4) is 0 Å². The highest BCUT2D eigenvalue weighted by molar-refractivity contribution is 5.80. The summed E-state index contributed by atoms with van der Waals surface area (Å²) in [5, 5.41) is 11.0. The second-order valence-corrected chi connectivity index (χ2v) is 4.24. The third kappa shape index (κ3) is 2.63. The van der Waals surface area contributed by atoms with Crippen LogP contribution < -0.4 is 5.32 Å². The van der Waals surface area contributed by atoms with E-state index in [0.717, 1.165) is 31.0 Å². The third-order valence-corrected chi connectivity index (χ3v) is 3.08. The monoisotopic (exact) mass is 238 g/mol. The van der Waals surface area contributed by atoms with Crippen molar-refractivity contribution in [2.24, 2.45) is 0 Å². The molecule has 6 heteroatoms. The quantitative estimate of drug-likeness (QED) is 0.817. The molecule has 1 aromatic heterocycles. The molecule has 1 aliphatic heterocycles. The summed E-state index contributed by atoms with van der Waals surface area (Å²) >= 11 is 0. The summed E-state index contributed by atoms with van der Waals surface area (Å²) in [4.78, 5) is 11.5. The van der Waals surface area contributed by atoms with Crippen molar-refractivity contribution in [3.05, 3.63) is 11.6 Å². The van der Waals surface area contributed by atoms with Crippen molar-refractivity contribution >= 4 is 5.91 Å². The molecule has 2 rings (SSSR count). The zero-order valence-electron chi connectivity index (χ0n) is 10.3. The fraction of sp³-hybridized carbons (Fsp3) is 0.727. The summed E-state index contributed by atoms with van der Waals surface area (Å²) in [5.74, 6) is 1.73. The standard InChI is InChI=1S/C11H18N4O2/c1-8(17-2)11(16)12-7-10-14-13-9-5-3-4-6-15(9)10/h8H,3-7H2,1-2H3,(H,12,16)/t8-/m1/s1. The lowest BCUT2D eigenvalue weighted by Crippen LogP contribution is -2.34. The number of ether oxygens (including phenoxy) is 1. The van der Waals surface area contributed by atoms with Crippen molar-refractivity contribution in [3.8, 4) is 0 Å². The molecule has 0 spiro atoms. The van der Waals surface area contributed by atoms with Gasteiger partial charge in [0, 0.05) is 20.1 Å². The van der Waals surface area contributed by atoms with E-state index in [1.807, 2.05) is 0 Å². The molecule has 0 saturated carbocycles. The van der Waals surface area contributed by atoms with Crippen molar-refractivity contribution in [1.82, 2.24) is 20.1 Å². The second kappa shape index (κ2) is 5.27. The maximum atomic E-state index is 11.5. The number of amides is 1. The first kappa shape index (κ1) is 12.0. The SMILES string of the molecule is CO[C@H](C)C(=O)NCc1nnc2n1CCCC2. The van der Waals surface area contributed by atoms with Gasteiger partial charge < -0.3 is 14.6 Å². The van der Waals surface area contributed by atoms with E-state index in [1.54, 1.807) is 6.92 Å². The Kier molecular flexibility index (Phi) is 3.73. The number of rotatable bonds is 4.